The first-order valence-electron chi connectivity index (χ1n) is 5.33. The number of aromatic nitrogens is 1. The molecule has 0 unspecified atom stereocenters. The number of pyridine rings is 1. The second-order valence-corrected chi connectivity index (χ2v) is 3.64. The lowest BCUT2D eigenvalue weighted by Crippen LogP contribution is -3.00. The first kappa shape index (κ1) is 14.4. The summed E-state index contributed by atoms with van der Waals surface area (Å²) in [6.45, 7) is 0. The molecule has 0 bridgehead atoms. The van der Waals surface area contributed by atoms with Crippen molar-refractivity contribution in [1.82, 2.24) is 0 Å². The molecule has 2 N–H and O–H groups in total. The Kier molecular flexibility index (Phi) is 5.57. The van der Waals surface area contributed by atoms with Crippen molar-refractivity contribution in [3.63, 3.8) is 0 Å². The van der Waals surface area contributed by atoms with Gasteiger partial charge < -0.3 is 24.0 Å². The van der Waals surface area contributed by atoms with Crippen molar-refractivity contribution in [2.75, 3.05) is 10.6 Å². The number of aryl methyl sites for hydroxylation is 1. The van der Waals surface area contributed by atoms with E-state index in [1.165, 1.54) is 0 Å². The molecule has 0 radical (unpaired) electrons. The Morgan fingerprint density at radius 1 is 1.00 bits per heavy atom. The molecule has 1 heterocycles. The molecule has 0 aliphatic carbocycles. The summed E-state index contributed by atoms with van der Waals surface area (Å²) in [6.07, 6.45) is 1.87. The number of hydrogen-bond acceptors (Lipinski definition) is 1. The fourth-order valence-electron chi connectivity index (χ4n) is 1.45. The minimum absolute atomic E-state index is 0. The predicted octanol–water partition coefficient (Wildman–Crippen LogP) is -0.841. The summed E-state index contributed by atoms with van der Waals surface area (Å²) in [5.74, 6) is 0.737. The van der Waals surface area contributed by atoms with Crippen LogP contribution in [0.4, 0.5) is 16.3 Å². The molecule has 0 aliphatic heterocycles. The van der Waals surface area contributed by atoms with Gasteiger partial charge in [-0.05, 0) is 18.2 Å². The van der Waals surface area contributed by atoms with Crippen molar-refractivity contribution in [2.24, 2.45) is 7.05 Å². The average Bonchev–Trinajstić information content (AvgIpc) is 2.33. The highest BCUT2D eigenvalue weighted by Crippen LogP contribution is 2.05. The van der Waals surface area contributed by atoms with Crippen molar-refractivity contribution in [1.29, 1.82) is 0 Å². The fourth-order valence-corrected chi connectivity index (χ4v) is 1.45. The molecule has 0 spiro atoms. The number of benzene rings is 1. The van der Waals surface area contributed by atoms with E-state index in [1.807, 2.05) is 66.3 Å². The maximum Gasteiger partial charge on any atom is 0.411 e. The molecule has 2 amide bonds. The van der Waals surface area contributed by atoms with Crippen LogP contribution in [-0.2, 0) is 7.05 Å². The van der Waals surface area contributed by atoms with Crippen molar-refractivity contribution >= 4 is 17.5 Å². The van der Waals surface area contributed by atoms with Crippen LogP contribution in [0, 0.1) is 0 Å². The number of carbonyl (C=O) groups excluding carboxylic acids is 1. The quantitative estimate of drug-likeness (QED) is 0.536. The SMILES string of the molecule is C[n+]1ccccc1NC(=O)Nc1ccccc1.[I-]. The van der Waals surface area contributed by atoms with Crippen molar-refractivity contribution in [3.8, 4) is 0 Å². The van der Waals surface area contributed by atoms with E-state index in [4.69, 9.17) is 0 Å². The lowest BCUT2D eigenvalue weighted by Gasteiger charge is -2.03. The summed E-state index contributed by atoms with van der Waals surface area (Å²) in [4.78, 5) is 11.7. The zero-order valence-electron chi connectivity index (χ0n) is 9.93. The van der Waals surface area contributed by atoms with Crippen LogP contribution >= 0.6 is 0 Å². The number of amides is 2. The molecule has 0 saturated carbocycles. The Morgan fingerprint density at radius 3 is 2.33 bits per heavy atom. The molecular weight excluding hydrogens is 341 g/mol. The molecule has 0 saturated heterocycles. The van der Waals surface area contributed by atoms with Gasteiger partial charge in [-0.2, -0.15) is 5.32 Å². The first-order chi connectivity index (χ1) is 8.25. The van der Waals surface area contributed by atoms with Crippen LogP contribution in [-0.4, -0.2) is 6.03 Å². The van der Waals surface area contributed by atoms with Gasteiger partial charge in [0, 0.05) is 11.8 Å². The third-order valence-corrected chi connectivity index (χ3v) is 2.33. The molecule has 0 fully saturated rings. The van der Waals surface area contributed by atoms with E-state index in [0.29, 0.717) is 0 Å². The van der Waals surface area contributed by atoms with Gasteiger partial charge in [0.2, 0.25) is 0 Å². The maximum atomic E-state index is 11.7. The molecule has 1 aromatic heterocycles. The van der Waals surface area contributed by atoms with E-state index in [1.54, 1.807) is 0 Å². The second-order valence-electron chi connectivity index (χ2n) is 3.64. The third-order valence-electron chi connectivity index (χ3n) is 2.33. The number of halogens is 1. The van der Waals surface area contributed by atoms with Crippen LogP contribution in [0.1, 0.15) is 0 Å². The smallest absolute Gasteiger partial charge is 0.411 e. The molecule has 18 heavy (non-hydrogen) atoms. The van der Waals surface area contributed by atoms with Crippen LogP contribution in [0.25, 0.3) is 0 Å². The van der Waals surface area contributed by atoms with Crippen molar-refractivity contribution < 1.29 is 33.3 Å². The van der Waals surface area contributed by atoms with Crippen LogP contribution in [0.15, 0.2) is 54.7 Å². The van der Waals surface area contributed by atoms with E-state index in [9.17, 15) is 4.79 Å². The first-order valence-corrected chi connectivity index (χ1v) is 5.33. The minimum Gasteiger partial charge on any atom is -1.00 e. The Hall–Kier alpha value is -1.63. The number of anilines is 2. The Labute approximate surface area is 123 Å². The summed E-state index contributed by atoms with van der Waals surface area (Å²) in [5.41, 5.74) is 0.767. The molecule has 0 aliphatic rings. The molecule has 1 aromatic carbocycles. The standard InChI is InChI=1S/C13H13N3O.HI/c1-16-10-6-5-9-12(16)15-13(17)14-11-7-3-2-4-8-11;/h2-10H,1H3,(H,14,17);1H. The number of urea groups is 1. The van der Waals surface area contributed by atoms with Crippen LogP contribution in [0.3, 0.4) is 0 Å². The number of para-hydroxylation sites is 1. The Balaban J connectivity index is 0.00000162. The Morgan fingerprint density at radius 2 is 1.67 bits per heavy atom. The van der Waals surface area contributed by atoms with E-state index < -0.39 is 0 Å². The number of rotatable bonds is 2. The highest BCUT2D eigenvalue weighted by molar-refractivity contribution is 5.98. The van der Waals surface area contributed by atoms with Gasteiger partial charge in [-0.25, -0.2) is 9.36 Å². The molecule has 5 heteroatoms. The molecule has 94 valence electrons. The summed E-state index contributed by atoms with van der Waals surface area (Å²) >= 11 is 0. The van der Waals surface area contributed by atoms with Crippen LogP contribution in [0.2, 0.25) is 0 Å². The predicted molar refractivity (Wildman–Crippen MR) is 66.7 cm³/mol. The molecule has 2 aromatic rings. The average molecular weight is 355 g/mol. The highest BCUT2D eigenvalue weighted by atomic mass is 127. The summed E-state index contributed by atoms with van der Waals surface area (Å²) in [6, 6.07) is 14.7. The van der Waals surface area contributed by atoms with Crippen molar-refractivity contribution in [2.45, 2.75) is 0 Å². The maximum absolute atomic E-state index is 11.7. The molecular formula is C13H14IN3O. The number of hydrogen-bond donors (Lipinski definition) is 2. The van der Waals surface area contributed by atoms with E-state index in [2.05, 4.69) is 10.6 Å². The summed E-state index contributed by atoms with van der Waals surface area (Å²) in [5, 5.41) is 5.53. The van der Waals surface area contributed by atoms with Gasteiger partial charge in [-0.1, -0.05) is 24.3 Å². The zero-order chi connectivity index (χ0) is 12.1. The van der Waals surface area contributed by atoms with Gasteiger partial charge in [-0.3, -0.25) is 5.32 Å². The third kappa shape index (κ3) is 3.99. The normalized spacial score (nSPS) is 9.17. The fraction of sp³-hybridized carbons (Fsp3) is 0.0769. The lowest BCUT2D eigenvalue weighted by atomic mass is 10.3. The summed E-state index contributed by atoms with van der Waals surface area (Å²) < 4.78 is 1.84. The van der Waals surface area contributed by atoms with Gasteiger partial charge in [-0.15, -0.1) is 0 Å². The van der Waals surface area contributed by atoms with Gasteiger partial charge in [0.1, 0.15) is 0 Å². The minimum atomic E-state index is -0.252. The van der Waals surface area contributed by atoms with E-state index in [-0.39, 0.29) is 30.0 Å². The molecule has 2 rings (SSSR count). The molecule has 0 atom stereocenters. The highest BCUT2D eigenvalue weighted by Gasteiger charge is 2.10. The zero-order valence-corrected chi connectivity index (χ0v) is 12.1. The number of nitrogens with one attached hydrogen (secondary N) is 2. The summed E-state index contributed by atoms with van der Waals surface area (Å²) in [7, 11) is 1.87. The largest absolute Gasteiger partial charge is 1.00 e. The molecule has 4 nitrogen and oxygen atoms in total. The van der Waals surface area contributed by atoms with E-state index >= 15 is 0 Å². The van der Waals surface area contributed by atoms with Crippen LogP contribution in [0.5, 0.6) is 0 Å². The van der Waals surface area contributed by atoms with Gasteiger partial charge in [0.15, 0.2) is 0 Å². The second kappa shape index (κ2) is 6.95. The van der Waals surface area contributed by atoms with Gasteiger partial charge in [0.25, 0.3) is 5.82 Å². The monoisotopic (exact) mass is 355 g/mol. The van der Waals surface area contributed by atoms with E-state index in [0.717, 1.165) is 11.5 Å². The number of carbonyl (C=O) groups is 1. The lowest BCUT2D eigenvalue weighted by molar-refractivity contribution is -0.656. The van der Waals surface area contributed by atoms with Crippen LogP contribution < -0.4 is 39.2 Å². The van der Waals surface area contributed by atoms with Gasteiger partial charge in [0.05, 0.1) is 13.2 Å². The number of nitrogens with zero attached hydrogens (tertiary/aromatic N) is 1. The Bertz CT molecular complexity index is 517. The van der Waals surface area contributed by atoms with Gasteiger partial charge >= 0.3 is 6.03 Å². The topological polar surface area (TPSA) is 45.0 Å². The van der Waals surface area contributed by atoms with Crippen molar-refractivity contribution in [3.05, 3.63) is 54.7 Å².